The summed E-state index contributed by atoms with van der Waals surface area (Å²) in [5.41, 5.74) is -0.133. The predicted octanol–water partition coefficient (Wildman–Crippen LogP) is 0.988. The number of fused-ring (bicyclic) bond motifs is 1. The average molecular weight is 225 g/mol. The third-order valence-electron chi connectivity index (χ3n) is 3.44. The Morgan fingerprint density at radius 1 is 1.12 bits per heavy atom. The third kappa shape index (κ3) is 2.48. The third-order valence-corrected chi connectivity index (χ3v) is 3.44. The fraction of sp³-hybridized carbons (Fsp3) is 0.917. The van der Waals surface area contributed by atoms with E-state index < -0.39 is 0 Å². The molecule has 2 amide bonds. The molecule has 2 atom stereocenters. The first kappa shape index (κ1) is 11.7. The van der Waals surface area contributed by atoms with E-state index in [1.54, 1.807) is 0 Å². The summed E-state index contributed by atoms with van der Waals surface area (Å²) in [6.45, 7) is 10.2. The van der Waals surface area contributed by atoms with E-state index in [4.69, 9.17) is 0 Å². The molecule has 2 heterocycles. The van der Waals surface area contributed by atoms with E-state index >= 15 is 0 Å². The van der Waals surface area contributed by atoms with Crippen LogP contribution in [-0.2, 0) is 0 Å². The largest absolute Gasteiger partial charge is 0.333 e. The molecule has 2 rings (SSSR count). The van der Waals surface area contributed by atoms with Crippen LogP contribution in [0.3, 0.4) is 0 Å². The summed E-state index contributed by atoms with van der Waals surface area (Å²) >= 11 is 0. The first-order valence-corrected chi connectivity index (χ1v) is 6.11. The number of rotatable bonds is 0. The Morgan fingerprint density at radius 2 is 1.62 bits per heavy atom. The number of carbonyl (C=O) groups excluding carboxylic acids is 1. The van der Waals surface area contributed by atoms with Gasteiger partial charge in [-0.3, -0.25) is 0 Å². The van der Waals surface area contributed by atoms with Gasteiger partial charge >= 0.3 is 6.03 Å². The number of likely N-dealkylation sites (tertiary alicyclic amines) is 2. The zero-order valence-corrected chi connectivity index (χ0v) is 10.8. The van der Waals surface area contributed by atoms with Crippen molar-refractivity contribution in [1.29, 1.82) is 0 Å². The van der Waals surface area contributed by atoms with Crippen LogP contribution in [0.1, 0.15) is 20.8 Å². The zero-order chi connectivity index (χ0) is 11.9. The van der Waals surface area contributed by atoms with Crippen molar-refractivity contribution in [3.8, 4) is 0 Å². The van der Waals surface area contributed by atoms with Crippen LogP contribution >= 0.6 is 0 Å². The Balaban J connectivity index is 1.88. The van der Waals surface area contributed by atoms with E-state index in [1.807, 2.05) is 25.7 Å². The summed E-state index contributed by atoms with van der Waals surface area (Å²) in [7, 11) is 2.16. The topological polar surface area (TPSA) is 35.6 Å². The zero-order valence-electron chi connectivity index (χ0n) is 10.8. The number of carbonyl (C=O) groups is 1. The van der Waals surface area contributed by atoms with E-state index in [0.29, 0.717) is 11.8 Å². The van der Waals surface area contributed by atoms with Crippen molar-refractivity contribution < 1.29 is 4.79 Å². The van der Waals surface area contributed by atoms with E-state index in [-0.39, 0.29) is 11.6 Å². The molecule has 92 valence electrons. The van der Waals surface area contributed by atoms with Crippen molar-refractivity contribution in [3.63, 3.8) is 0 Å². The molecule has 0 aromatic rings. The molecule has 0 saturated carbocycles. The Hall–Kier alpha value is -0.770. The molecule has 0 aliphatic carbocycles. The fourth-order valence-electron chi connectivity index (χ4n) is 2.79. The van der Waals surface area contributed by atoms with Crippen molar-refractivity contribution in [2.24, 2.45) is 11.8 Å². The van der Waals surface area contributed by atoms with Crippen LogP contribution in [-0.4, -0.2) is 54.6 Å². The average Bonchev–Trinajstić information content (AvgIpc) is 2.56. The van der Waals surface area contributed by atoms with Gasteiger partial charge in [-0.1, -0.05) is 0 Å². The Morgan fingerprint density at radius 3 is 2.06 bits per heavy atom. The fourth-order valence-corrected chi connectivity index (χ4v) is 2.79. The van der Waals surface area contributed by atoms with Gasteiger partial charge in [-0.15, -0.1) is 0 Å². The molecule has 0 spiro atoms. The molecule has 1 N–H and O–H groups in total. The van der Waals surface area contributed by atoms with Gasteiger partial charge in [0.1, 0.15) is 0 Å². The molecule has 0 radical (unpaired) electrons. The molecule has 0 unspecified atom stereocenters. The SMILES string of the molecule is CN1C[C@@H]2CN(C(=O)NC(C)(C)C)C[C@H]2C1. The number of hydrogen-bond donors (Lipinski definition) is 1. The molecule has 2 aliphatic rings. The highest BCUT2D eigenvalue weighted by Gasteiger charge is 2.40. The van der Waals surface area contributed by atoms with E-state index in [1.165, 1.54) is 0 Å². The Kier molecular flexibility index (Phi) is 2.86. The van der Waals surface area contributed by atoms with Crippen molar-refractivity contribution in [3.05, 3.63) is 0 Å². The van der Waals surface area contributed by atoms with E-state index in [2.05, 4.69) is 17.3 Å². The van der Waals surface area contributed by atoms with E-state index in [0.717, 1.165) is 26.2 Å². The Bertz CT molecular complexity index is 270. The summed E-state index contributed by atoms with van der Waals surface area (Å²) in [4.78, 5) is 16.3. The highest BCUT2D eigenvalue weighted by atomic mass is 16.2. The lowest BCUT2D eigenvalue weighted by Crippen LogP contribution is -2.48. The number of nitrogens with one attached hydrogen (secondary N) is 1. The molecule has 16 heavy (non-hydrogen) atoms. The number of amides is 2. The predicted molar refractivity (Wildman–Crippen MR) is 64.3 cm³/mol. The first-order valence-electron chi connectivity index (χ1n) is 6.11. The first-order chi connectivity index (χ1) is 7.35. The van der Waals surface area contributed by atoms with Gasteiger partial charge < -0.3 is 15.1 Å². The maximum Gasteiger partial charge on any atom is 0.317 e. The lowest BCUT2D eigenvalue weighted by atomic mass is 10.0. The van der Waals surface area contributed by atoms with E-state index in [9.17, 15) is 4.79 Å². The molecule has 0 aromatic heterocycles. The lowest BCUT2D eigenvalue weighted by Gasteiger charge is -2.26. The minimum absolute atomic E-state index is 0.101. The van der Waals surface area contributed by atoms with Gasteiger partial charge in [0.25, 0.3) is 0 Å². The quantitative estimate of drug-likeness (QED) is 0.667. The molecule has 2 saturated heterocycles. The highest BCUT2D eigenvalue weighted by molar-refractivity contribution is 5.75. The summed E-state index contributed by atoms with van der Waals surface area (Å²) < 4.78 is 0. The molecule has 4 heteroatoms. The molecule has 0 aromatic carbocycles. The maximum atomic E-state index is 12.0. The number of hydrogen-bond acceptors (Lipinski definition) is 2. The standard InChI is InChI=1S/C12H23N3O/c1-12(2,3)13-11(16)15-7-9-5-14(4)6-10(9)8-15/h9-10H,5-8H2,1-4H3,(H,13,16)/t9-,10-/m1/s1. The molecule has 0 bridgehead atoms. The van der Waals surface area contributed by atoms with Gasteiger partial charge in [0.2, 0.25) is 0 Å². The van der Waals surface area contributed by atoms with Gasteiger partial charge in [-0.05, 0) is 39.7 Å². The highest BCUT2D eigenvalue weighted by Crippen LogP contribution is 2.30. The van der Waals surface area contributed by atoms with Crippen LogP contribution in [0.15, 0.2) is 0 Å². The van der Waals surface area contributed by atoms with Crippen molar-refractivity contribution in [2.45, 2.75) is 26.3 Å². The summed E-state index contributed by atoms with van der Waals surface area (Å²) in [5.74, 6) is 1.38. The number of urea groups is 1. The van der Waals surface area contributed by atoms with Crippen molar-refractivity contribution in [1.82, 2.24) is 15.1 Å². The normalized spacial score (nSPS) is 30.6. The molecule has 2 fully saturated rings. The van der Waals surface area contributed by atoms with Crippen LogP contribution in [0.2, 0.25) is 0 Å². The smallest absolute Gasteiger partial charge is 0.317 e. The summed E-state index contributed by atoms with van der Waals surface area (Å²) in [6.07, 6.45) is 0. The van der Waals surface area contributed by atoms with Gasteiger partial charge in [0, 0.05) is 31.7 Å². The molecular formula is C12H23N3O. The second-order valence-electron chi connectivity index (χ2n) is 6.33. The summed E-state index contributed by atoms with van der Waals surface area (Å²) in [5, 5.41) is 3.03. The van der Waals surface area contributed by atoms with Crippen LogP contribution in [0.25, 0.3) is 0 Å². The van der Waals surface area contributed by atoms with Gasteiger partial charge in [-0.2, -0.15) is 0 Å². The molecule has 2 aliphatic heterocycles. The van der Waals surface area contributed by atoms with Crippen LogP contribution in [0.5, 0.6) is 0 Å². The van der Waals surface area contributed by atoms with Gasteiger partial charge in [-0.25, -0.2) is 4.79 Å². The molecule has 4 nitrogen and oxygen atoms in total. The number of nitrogens with zero attached hydrogens (tertiary/aromatic N) is 2. The summed E-state index contributed by atoms with van der Waals surface area (Å²) in [6, 6.07) is 0.101. The molecular weight excluding hydrogens is 202 g/mol. The van der Waals surface area contributed by atoms with Crippen LogP contribution in [0, 0.1) is 11.8 Å². The van der Waals surface area contributed by atoms with Gasteiger partial charge in [0.05, 0.1) is 0 Å². The van der Waals surface area contributed by atoms with Gasteiger partial charge in [0.15, 0.2) is 0 Å². The van der Waals surface area contributed by atoms with Crippen molar-refractivity contribution >= 4 is 6.03 Å². The minimum Gasteiger partial charge on any atom is -0.333 e. The Labute approximate surface area is 98.0 Å². The van der Waals surface area contributed by atoms with Crippen LogP contribution in [0.4, 0.5) is 4.79 Å². The lowest BCUT2D eigenvalue weighted by molar-refractivity contribution is 0.193. The second kappa shape index (κ2) is 3.91. The maximum absolute atomic E-state index is 12.0. The second-order valence-corrected chi connectivity index (χ2v) is 6.33. The monoisotopic (exact) mass is 225 g/mol. The minimum atomic E-state index is -0.133. The van der Waals surface area contributed by atoms with Crippen LogP contribution < -0.4 is 5.32 Å². The van der Waals surface area contributed by atoms with Crippen molar-refractivity contribution in [2.75, 3.05) is 33.2 Å².